The topological polar surface area (TPSA) is 102 Å². The molecule has 0 aromatic heterocycles. The minimum atomic E-state index is -1.94. The van der Waals surface area contributed by atoms with Crippen LogP contribution in [0.1, 0.15) is 197 Å². The van der Waals surface area contributed by atoms with Crippen LogP contribution in [0.2, 0.25) is 0 Å². The van der Waals surface area contributed by atoms with Gasteiger partial charge in [0.1, 0.15) is 0 Å². The highest BCUT2D eigenvalue weighted by Gasteiger charge is 2.54. The van der Waals surface area contributed by atoms with Crippen LogP contribution in [-0.2, 0) is 52.1 Å². The van der Waals surface area contributed by atoms with Crippen molar-refractivity contribution in [3.8, 4) is 0 Å². The molecule has 0 aromatic carbocycles. The molecule has 5 rings (SSSR count). The smallest absolute Gasteiger partial charge is 0.297 e. The van der Waals surface area contributed by atoms with Gasteiger partial charge in [-0.15, -0.1) is 0 Å². The highest BCUT2D eigenvalue weighted by molar-refractivity contribution is 4.94. The van der Waals surface area contributed by atoms with Crippen molar-refractivity contribution < 1.29 is 52.1 Å². The Morgan fingerprint density at radius 3 is 1.29 bits per heavy atom. The molecular weight excluding hydrogens is 825 g/mol. The predicted molar refractivity (Wildman–Crippen MR) is 258 cm³/mol. The van der Waals surface area contributed by atoms with Gasteiger partial charge in [0.2, 0.25) is 0 Å². The predicted octanol–water partition coefficient (Wildman–Crippen LogP) is 15.0. The molecule has 0 radical (unpaired) electrons. The second kappa shape index (κ2) is 34.1. The second-order valence-electron chi connectivity index (χ2n) is 17.5. The molecule has 5 aliphatic heterocycles. The Morgan fingerprint density at radius 1 is 0.415 bits per heavy atom. The summed E-state index contributed by atoms with van der Waals surface area (Å²) in [5.41, 5.74) is 0. The van der Waals surface area contributed by atoms with Crippen molar-refractivity contribution in [3.05, 3.63) is 85.1 Å². The zero-order valence-electron chi connectivity index (χ0n) is 41.8. The third-order valence-electron chi connectivity index (χ3n) is 10.7. The maximum Gasteiger partial charge on any atom is 0.297 e. The summed E-state index contributed by atoms with van der Waals surface area (Å²) in [6.45, 7) is 15.7. The third-order valence-corrected chi connectivity index (χ3v) is 10.7. The third kappa shape index (κ3) is 23.5. The molecule has 8 atom stereocenters. The molecule has 65 heavy (non-hydrogen) atoms. The van der Waals surface area contributed by atoms with Crippen LogP contribution in [-0.4, -0.2) is 56.3 Å². The largest absolute Gasteiger partial charge is 0.323 e. The highest BCUT2D eigenvalue weighted by Crippen LogP contribution is 2.42. The van der Waals surface area contributed by atoms with Gasteiger partial charge in [-0.1, -0.05) is 185 Å². The Hall–Kier alpha value is -2.26. The fourth-order valence-corrected chi connectivity index (χ4v) is 7.13. The van der Waals surface area contributed by atoms with Crippen LogP contribution < -0.4 is 0 Å². The van der Waals surface area contributed by atoms with Crippen LogP contribution in [0.25, 0.3) is 0 Å². The van der Waals surface area contributed by atoms with E-state index in [2.05, 4.69) is 116 Å². The summed E-state index contributed by atoms with van der Waals surface area (Å²) in [6, 6.07) is 0. The van der Waals surface area contributed by atoms with Gasteiger partial charge in [-0.3, -0.25) is 42.6 Å². The number of hydrogen-bond acceptors (Lipinski definition) is 11. The van der Waals surface area contributed by atoms with Crippen molar-refractivity contribution in [2.75, 3.05) is 6.79 Å². The summed E-state index contributed by atoms with van der Waals surface area (Å²) in [5, 5.41) is 0. The Balaban J connectivity index is 2.44. The molecule has 11 nitrogen and oxygen atoms in total. The van der Waals surface area contributed by atoms with Crippen molar-refractivity contribution in [2.24, 2.45) is 5.92 Å². The first-order valence-electron chi connectivity index (χ1n) is 25.6. The van der Waals surface area contributed by atoms with Gasteiger partial charge in [-0.25, -0.2) is 0 Å². The van der Waals surface area contributed by atoms with Gasteiger partial charge in [0, 0.05) is 44.9 Å². The van der Waals surface area contributed by atoms with Gasteiger partial charge in [0.15, 0.2) is 32.0 Å². The summed E-state index contributed by atoms with van der Waals surface area (Å²) in [6.07, 6.45) is 41.3. The molecule has 5 fully saturated rings. The van der Waals surface area contributed by atoms with E-state index in [1.165, 1.54) is 0 Å². The fraction of sp³-hybridized carbons (Fsp3) is 0.741. The Labute approximate surface area is 394 Å². The van der Waals surface area contributed by atoms with E-state index >= 15 is 0 Å². The molecule has 0 N–H and O–H groups in total. The van der Waals surface area contributed by atoms with E-state index < -0.39 is 49.6 Å². The minimum Gasteiger partial charge on any atom is -0.323 e. The van der Waals surface area contributed by atoms with Gasteiger partial charge in [-0.05, 0) is 57.3 Å². The van der Waals surface area contributed by atoms with Gasteiger partial charge >= 0.3 is 0 Å². The van der Waals surface area contributed by atoms with Crippen molar-refractivity contribution in [1.29, 1.82) is 0 Å². The minimum absolute atomic E-state index is 0.113. The lowest BCUT2D eigenvalue weighted by Crippen LogP contribution is -2.60. The summed E-state index contributed by atoms with van der Waals surface area (Å²) in [5.74, 6) is -4.99. The van der Waals surface area contributed by atoms with E-state index in [0.29, 0.717) is 31.6 Å². The summed E-state index contributed by atoms with van der Waals surface area (Å²) in [7, 11) is 0. The van der Waals surface area contributed by atoms with Crippen LogP contribution in [0.15, 0.2) is 85.1 Å². The molecule has 5 heterocycles. The molecule has 8 unspecified atom stereocenters. The molecule has 0 aliphatic carbocycles. The zero-order chi connectivity index (χ0) is 46.9. The fourth-order valence-electron chi connectivity index (χ4n) is 7.13. The molecule has 0 saturated carbocycles. The van der Waals surface area contributed by atoms with E-state index in [9.17, 15) is 0 Å². The average Bonchev–Trinajstić information content (AvgIpc) is 3.26. The molecule has 0 aromatic rings. The first kappa shape index (κ1) is 57.1. The van der Waals surface area contributed by atoms with Crippen molar-refractivity contribution >= 4 is 0 Å². The summed E-state index contributed by atoms with van der Waals surface area (Å²) in [4.78, 5) is 0. The number of unbranched alkanes of at least 4 members (excludes halogenated alkanes) is 7. The van der Waals surface area contributed by atoms with E-state index in [1.54, 1.807) is 0 Å². The SMILES string of the molecule is CCC/C=C/CC1OC(C/C=C/CCC)OC2(C/C=C/CCCC(C)C)OC3OCOC(C/C=C/CCC)(OC(C/C=C/CCC)OC(C/C=C/CCC)(O1)OC(C/C=C/CCC)O3)O2. The summed E-state index contributed by atoms with van der Waals surface area (Å²) < 4.78 is 76.7. The van der Waals surface area contributed by atoms with Crippen LogP contribution in [0, 0.1) is 5.92 Å². The van der Waals surface area contributed by atoms with Crippen molar-refractivity contribution in [2.45, 2.75) is 246 Å². The van der Waals surface area contributed by atoms with Gasteiger partial charge in [-0.2, -0.15) is 0 Å². The first-order chi connectivity index (χ1) is 31.7. The van der Waals surface area contributed by atoms with E-state index in [4.69, 9.17) is 52.1 Å². The number of ether oxygens (including phenoxy) is 11. The second-order valence-corrected chi connectivity index (χ2v) is 17.5. The number of hydrogen-bond donors (Lipinski definition) is 0. The standard InChI is InChI=1S/C54H90O11/c1-9-15-21-30-38-47-57-48(39-31-22-16-10-2)61-54(44-36-28-27-29-37-46(7)8)64-51-55-45-56-52(65-54,42-34-25-19-13-5)62-50(41-33-24-18-12-4)63-53(59-47,43-35-26-20-14-6)60-49(58-51)40-32-23-17-11-3/h21-26,28,30-36,46-51H,9-20,27,29,37-45H2,1-8H3/b30-21+,31-22+,32-23+,33-24+,34-25+,35-26+,36-28+. The van der Waals surface area contributed by atoms with E-state index in [1.807, 2.05) is 24.3 Å². The van der Waals surface area contributed by atoms with Crippen LogP contribution in [0.3, 0.4) is 0 Å². The summed E-state index contributed by atoms with van der Waals surface area (Å²) >= 11 is 0. The van der Waals surface area contributed by atoms with Crippen LogP contribution in [0.5, 0.6) is 0 Å². The average molecular weight is 915 g/mol. The number of rotatable bonds is 30. The van der Waals surface area contributed by atoms with Crippen LogP contribution in [0.4, 0.5) is 0 Å². The molecule has 4 bridgehead atoms. The van der Waals surface area contributed by atoms with E-state index in [0.717, 1.165) is 96.3 Å². The molecule has 0 spiro atoms. The van der Waals surface area contributed by atoms with Crippen molar-refractivity contribution in [1.82, 2.24) is 0 Å². The molecular formula is C54H90O11. The lowest BCUT2D eigenvalue weighted by molar-refractivity contribution is -0.608. The number of allylic oxidation sites excluding steroid dienone is 7. The monoisotopic (exact) mass is 915 g/mol. The quantitative estimate of drug-likeness (QED) is 0.0508. The van der Waals surface area contributed by atoms with E-state index in [-0.39, 0.29) is 26.1 Å². The van der Waals surface area contributed by atoms with Crippen molar-refractivity contribution in [3.63, 3.8) is 0 Å². The molecule has 5 saturated heterocycles. The normalized spacial score (nSPS) is 29.9. The molecule has 372 valence electrons. The molecule has 5 aliphatic rings. The Bertz CT molecular complexity index is 1420. The molecule has 11 heteroatoms. The molecule has 0 amide bonds. The van der Waals surface area contributed by atoms with Gasteiger partial charge < -0.3 is 9.47 Å². The maximum absolute atomic E-state index is 7.23. The van der Waals surface area contributed by atoms with Crippen LogP contribution >= 0.6 is 0 Å². The number of fused-ring (bicyclic) bond motifs is 6. The maximum atomic E-state index is 7.23. The Morgan fingerprint density at radius 2 is 0.800 bits per heavy atom. The highest BCUT2D eigenvalue weighted by atomic mass is 17.1. The Kier molecular flexibility index (Phi) is 29.9. The zero-order valence-corrected chi connectivity index (χ0v) is 41.8. The first-order valence-corrected chi connectivity index (χ1v) is 25.6. The lowest BCUT2D eigenvalue weighted by atomic mass is 10.1. The van der Waals surface area contributed by atoms with Gasteiger partial charge in [0.05, 0.1) is 0 Å². The van der Waals surface area contributed by atoms with Gasteiger partial charge in [0.25, 0.3) is 24.4 Å². The lowest BCUT2D eigenvalue weighted by Gasteiger charge is -2.49.